The number of carbonyl (C=O) groups excluding carboxylic acids is 1. The van der Waals surface area contributed by atoms with Gasteiger partial charge in [-0.3, -0.25) is 4.79 Å². The number of carbonyl (C=O) groups is 1. The second-order valence-corrected chi connectivity index (χ2v) is 6.99. The van der Waals surface area contributed by atoms with Gasteiger partial charge in [0.1, 0.15) is 0 Å². The van der Waals surface area contributed by atoms with Gasteiger partial charge in [0, 0.05) is 12.1 Å². The lowest BCUT2D eigenvalue weighted by atomic mass is 10.1. The molecule has 0 amide bonds. The normalized spacial score (nSPS) is 13.4. The van der Waals surface area contributed by atoms with Crippen LogP contribution in [0.3, 0.4) is 0 Å². The van der Waals surface area contributed by atoms with Gasteiger partial charge in [-0.1, -0.05) is 26.0 Å². The smallest absolute Gasteiger partial charge is 0.240 e. The van der Waals surface area contributed by atoms with Gasteiger partial charge in [-0.2, -0.15) is 0 Å². The highest BCUT2D eigenvalue weighted by Crippen LogP contribution is 2.12. The fraction of sp³-hybridized carbons (Fsp3) is 0.500. The van der Waals surface area contributed by atoms with E-state index in [0.29, 0.717) is 12.0 Å². The zero-order valence-electron chi connectivity index (χ0n) is 12.0. The summed E-state index contributed by atoms with van der Waals surface area (Å²) in [4.78, 5) is 11.3. The topological polar surface area (TPSA) is 83.5 Å². The maximum absolute atomic E-state index is 12.1. The van der Waals surface area contributed by atoms with Gasteiger partial charge in [0.2, 0.25) is 10.0 Å². The highest BCUT2D eigenvalue weighted by molar-refractivity contribution is 7.89. The van der Waals surface area contributed by atoms with Gasteiger partial charge in [0.25, 0.3) is 0 Å². The molecule has 0 aromatic heterocycles. The van der Waals surface area contributed by atoms with Crippen LogP contribution in [0.15, 0.2) is 29.2 Å². The van der Waals surface area contributed by atoms with Crippen molar-refractivity contribution in [3.8, 4) is 0 Å². The predicted octanol–water partition coefficient (Wildman–Crippen LogP) is 1.57. The van der Waals surface area contributed by atoms with Crippen molar-refractivity contribution < 1.29 is 18.3 Å². The van der Waals surface area contributed by atoms with E-state index < -0.39 is 16.1 Å². The van der Waals surface area contributed by atoms with E-state index in [1.165, 1.54) is 25.1 Å². The van der Waals surface area contributed by atoms with E-state index in [0.717, 1.165) is 0 Å². The third kappa shape index (κ3) is 5.03. The highest BCUT2D eigenvalue weighted by Gasteiger charge is 2.17. The molecule has 0 spiro atoms. The monoisotopic (exact) mass is 299 g/mol. The Hall–Kier alpha value is -1.24. The van der Waals surface area contributed by atoms with Crippen LogP contribution in [-0.4, -0.2) is 32.0 Å². The Bertz CT molecular complexity index is 566. The molecule has 0 aliphatic rings. The summed E-state index contributed by atoms with van der Waals surface area (Å²) in [6, 6.07) is 5.84. The van der Waals surface area contributed by atoms with Crippen LogP contribution in [0, 0.1) is 5.92 Å². The van der Waals surface area contributed by atoms with Crippen LogP contribution in [0.2, 0.25) is 0 Å². The molecule has 0 aliphatic heterocycles. The Kier molecular flexibility index (Phi) is 5.86. The molecule has 0 heterocycles. The van der Waals surface area contributed by atoms with Crippen LogP contribution in [0.5, 0.6) is 0 Å². The number of hydrogen-bond acceptors (Lipinski definition) is 4. The lowest BCUT2D eigenvalue weighted by molar-refractivity contribution is 0.101. The molecule has 0 saturated carbocycles. The van der Waals surface area contributed by atoms with Crippen LogP contribution in [-0.2, 0) is 10.0 Å². The molecule has 0 radical (unpaired) electrons. The molecule has 1 aromatic carbocycles. The van der Waals surface area contributed by atoms with Crippen LogP contribution < -0.4 is 4.72 Å². The van der Waals surface area contributed by atoms with Gasteiger partial charge >= 0.3 is 0 Å². The highest BCUT2D eigenvalue weighted by atomic mass is 32.2. The molecule has 0 aliphatic carbocycles. The number of rotatable bonds is 7. The molecular weight excluding hydrogens is 278 g/mol. The summed E-state index contributed by atoms with van der Waals surface area (Å²) < 4.78 is 26.5. The van der Waals surface area contributed by atoms with Crippen molar-refractivity contribution in [1.82, 2.24) is 4.72 Å². The third-order valence-corrected chi connectivity index (χ3v) is 4.22. The summed E-state index contributed by atoms with van der Waals surface area (Å²) in [6.45, 7) is 5.25. The van der Waals surface area contributed by atoms with Crippen molar-refractivity contribution in [1.29, 1.82) is 0 Å². The van der Waals surface area contributed by atoms with E-state index in [2.05, 4.69) is 4.72 Å². The number of ketones is 1. The summed E-state index contributed by atoms with van der Waals surface area (Å²) in [7, 11) is -3.71. The molecule has 0 bridgehead atoms. The maximum Gasteiger partial charge on any atom is 0.240 e. The molecule has 1 unspecified atom stereocenters. The molecular formula is C14H21NO4S. The molecule has 2 N–H and O–H groups in total. The van der Waals surface area contributed by atoms with E-state index in [9.17, 15) is 18.3 Å². The standard InChI is InChI=1S/C14H21NO4S/c1-10(2)7-13(17)9-15-20(18,19)14-6-4-5-12(8-14)11(3)16/h4-6,8,10,13,15,17H,7,9H2,1-3H3. The zero-order valence-corrected chi connectivity index (χ0v) is 12.8. The first-order valence-electron chi connectivity index (χ1n) is 6.51. The average molecular weight is 299 g/mol. The van der Waals surface area contributed by atoms with Crippen molar-refractivity contribution >= 4 is 15.8 Å². The number of aliphatic hydroxyl groups is 1. The fourth-order valence-electron chi connectivity index (χ4n) is 1.80. The summed E-state index contributed by atoms with van der Waals surface area (Å²) in [5.74, 6) is 0.0948. The first-order chi connectivity index (χ1) is 9.22. The Morgan fingerprint density at radius 1 is 1.35 bits per heavy atom. The lowest BCUT2D eigenvalue weighted by Gasteiger charge is -2.14. The first kappa shape index (κ1) is 16.8. The first-order valence-corrected chi connectivity index (χ1v) is 7.99. The summed E-state index contributed by atoms with van der Waals surface area (Å²) in [5, 5.41) is 9.69. The van der Waals surface area contributed by atoms with E-state index in [-0.39, 0.29) is 23.1 Å². The number of nitrogens with one attached hydrogen (secondary N) is 1. The maximum atomic E-state index is 12.1. The molecule has 0 saturated heterocycles. The van der Waals surface area contributed by atoms with Crippen molar-refractivity contribution in [3.05, 3.63) is 29.8 Å². The van der Waals surface area contributed by atoms with Crippen LogP contribution in [0.25, 0.3) is 0 Å². The molecule has 112 valence electrons. The lowest BCUT2D eigenvalue weighted by Crippen LogP contribution is -2.32. The van der Waals surface area contributed by atoms with Crippen LogP contribution in [0.4, 0.5) is 0 Å². The van der Waals surface area contributed by atoms with E-state index in [4.69, 9.17) is 0 Å². The van der Waals surface area contributed by atoms with Crippen molar-refractivity contribution in [2.75, 3.05) is 6.54 Å². The minimum atomic E-state index is -3.71. The largest absolute Gasteiger partial charge is 0.392 e. The van der Waals surface area contributed by atoms with E-state index in [1.54, 1.807) is 6.07 Å². The number of aliphatic hydroxyl groups excluding tert-OH is 1. The Balaban J connectivity index is 2.79. The quantitative estimate of drug-likeness (QED) is 0.749. The number of benzene rings is 1. The van der Waals surface area contributed by atoms with Crippen molar-refractivity contribution in [3.63, 3.8) is 0 Å². The molecule has 1 aromatic rings. The Morgan fingerprint density at radius 3 is 2.55 bits per heavy atom. The van der Waals surface area contributed by atoms with Crippen molar-refractivity contribution in [2.45, 2.75) is 38.2 Å². The SMILES string of the molecule is CC(=O)c1cccc(S(=O)(=O)NCC(O)CC(C)C)c1. The number of sulfonamides is 1. The Morgan fingerprint density at radius 2 is 2.00 bits per heavy atom. The average Bonchev–Trinajstić information content (AvgIpc) is 2.36. The minimum absolute atomic E-state index is 0.0296. The van der Waals surface area contributed by atoms with Gasteiger partial charge in [-0.25, -0.2) is 13.1 Å². The minimum Gasteiger partial charge on any atom is -0.392 e. The molecule has 1 rings (SSSR count). The summed E-state index contributed by atoms with van der Waals surface area (Å²) >= 11 is 0. The third-order valence-electron chi connectivity index (χ3n) is 2.80. The van der Waals surface area contributed by atoms with Crippen LogP contribution >= 0.6 is 0 Å². The van der Waals surface area contributed by atoms with Gasteiger partial charge in [-0.15, -0.1) is 0 Å². The molecule has 5 nitrogen and oxygen atoms in total. The number of hydrogen-bond donors (Lipinski definition) is 2. The molecule has 0 fully saturated rings. The van der Waals surface area contributed by atoms with Crippen molar-refractivity contribution in [2.24, 2.45) is 5.92 Å². The van der Waals surface area contributed by atoms with E-state index >= 15 is 0 Å². The van der Waals surface area contributed by atoms with Gasteiger partial charge in [0.05, 0.1) is 11.0 Å². The summed E-state index contributed by atoms with van der Waals surface area (Å²) in [6.07, 6.45) is -0.198. The molecule has 6 heteroatoms. The zero-order chi connectivity index (χ0) is 15.3. The molecule has 20 heavy (non-hydrogen) atoms. The number of Topliss-reactive ketones (excluding diaryl/α,β-unsaturated/α-hetero) is 1. The second kappa shape index (κ2) is 6.97. The second-order valence-electron chi connectivity index (χ2n) is 5.22. The van der Waals surface area contributed by atoms with Gasteiger partial charge < -0.3 is 5.11 Å². The van der Waals surface area contributed by atoms with E-state index in [1.807, 2.05) is 13.8 Å². The Labute approximate surface area is 120 Å². The summed E-state index contributed by atoms with van der Waals surface area (Å²) in [5.41, 5.74) is 0.343. The van der Waals surface area contributed by atoms with Gasteiger partial charge in [0.15, 0.2) is 5.78 Å². The van der Waals surface area contributed by atoms with Crippen LogP contribution in [0.1, 0.15) is 37.6 Å². The fourth-order valence-corrected chi connectivity index (χ4v) is 2.92. The van der Waals surface area contributed by atoms with Gasteiger partial charge in [-0.05, 0) is 31.4 Å². The predicted molar refractivity (Wildman–Crippen MR) is 77.1 cm³/mol. The molecule has 1 atom stereocenters.